The van der Waals surface area contributed by atoms with E-state index in [1.165, 1.54) is 0 Å². The molecule has 0 amide bonds. The highest BCUT2D eigenvalue weighted by Gasteiger charge is 1.94. The van der Waals surface area contributed by atoms with Gasteiger partial charge in [-0.3, -0.25) is 0 Å². The highest BCUT2D eigenvalue weighted by atomic mass is 32.2. The monoisotopic (exact) mass is 141 g/mol. The topological polar surface area (TPSA) is 17.8 Å². The van der Waals surface area contributed by atoms with Crippen LogP contribution in [0.3, 0.4) is 0 Å². The minimum atomic E-state index is 0.838. The fraction of sp³-hybridized carbons (Fsp3) is 0.333. The van der Waals surface area contributed by atoms with Gasteiger partial charge in [0.05, 0.1) is 0 Å². The van der Waals surface area contributed by atoms with E-state index in [1.54, 1.807) is 18.0 Å². The van der Waals surface area contributed by atoms with Gasteiger partial charge in [0.25, 0.3) is 0 Å². The van der Waals surface area contributed by atoms with E-state index < -0.39 is 0 Å². The number of rotatable bonds is 2. The summed E-state index contributed by atoms with van der Waals surface area (Å²) in [6.07, 6.45) is 3.72. The highest BCUT2D eigenvalue weighted by molar-refractivity contribution is 7.99. The summed E-state index contributed by atoms with van der Waals surface area (Å²) in [7, 11) is 1.98. The van der Waals surface area contributed by atoms with Crippen LogP contribution in [0.1, 0.15) is 0 Å². The molecule has 0 aliphatic rings. The van der Waals surface area contributed by atoms with Gasteiger partial charge in [-0.25, -0.2) is 4.98 Å². The van der Waals surface area contributed by atoms with Crippen LogP contribution in [0, 0.1) is 6.92 Å². The van der Waals surface area contributed by atoms with E-state index >= 15 is 0 Å². The molecule has 0 aliphatic heterocycles. The quantitative estimate of drug-likeness (QED) is 0.578. The fourth-order valence-corrected chi connectivity index (χ4v) is 1.16. The predicted octanol–water partition coefficient (Wildman–Crippen LogP) is 1.35. The average Bonchev–Trinajstić information content (AvgIpc) is 2.18. The Morgan fingerprint density at radius 1 is 1.89 bits per heavy atom. The lowest BCUT2D eigenvalue weighted by molar-refractivity contribution is 0.791. The Labute approximate surface area is 59.3 Å². The molecule has 1 aromatic heterocycles. The molecule has 0 unspecified atom stereocenters. The van der Waals surface area contributed by atoms with Crippen molar-refractivity contribution in [3.05, 3.63) is 19.3 Å². The highest BCUT2D eigenvalue weighted by Crippen LogP contribution is 2.12. The molecule has 49 valence electrons. The molecule has 9 heavy (non-hydrogen) atoms. The van der Waals surface area contributed by atoms with E-state index in [0.717, 1.165) is 10.9 Å². The summed E-state index contributed by atoms with van der Waals surface area (Å²) >= 11 is 1.65. The van der Waals surface area contributed by atoms with Crippen LogP contribution < -0.4 is 0 Å². The van der Waals surface area contributed by atoms with Crippen molar-refractivity contribution in [2.45, 2.75) is 5.16 Å². The van der Waals surface area contributed by atoms with Crippen LogP contribution >= 0.6 is 11.8 Å². The van der Waals surface area contributed by atoms with Crippen molar-refractivity contribution in [1.29, 1.82) is 0 Å². The van der Waals surface area contributed by atoms with Gasteiger partial charge < -0.3 is 4.57 Å². The van der Waals surface area contributed by atoms with Crippen molar-refractivity contribution in [1.82, 2.24) is 9.55 Å². The Morgan fingerprint density at radius 2 is 2.67 bits per heavy atom. The molecule has 0 aromatic carbocycles. The maximum absolute atomic E-state index is 4.09. The van der Waals surface area contributed by atoms with E-state index in [0.29, 0.717) is 0 Å². The molecule has 0 N–H and O–H groups in total. The van der Waals surface area contributed by atoms with Crippen LogP contribution in [0.2, 0.25) is 0 Å². The second-order valence-electron chi connectivity index (χ2n) is 1.67. The van der Waals surface area contributed by atoms with Crippen molar-refractivity contribution in [3.8, 4) is 0 Å². The summed E-state index contributed by atoms with van der Waals surface area (Å²) in [5.41, 5.74) is 0. The maximum Gasteiger partial charge on any atom is 0.167 e. The number of hydrogen-bond acceptors (Lipinski definition) is 2. The second kappa shape index (κ2) is 2.92. The van der Waals surface area contributed by atoms with E-state index in [2.05, 4.69) is 11.9 Å². The molecule has 0 bridgehead atoms. The molecule has 0 fully saturated rings. The first-order valence-electron chi connectivity index (χ1n) is 2.74. The third-order valence-electron chi connectivity index (χ3n) is 1.01. The van der Waals surface area contributed by atoms with Crippen LogP contribution in [0.15, 0.2) is 17.6 Å². The van der Waals surface area contributed by atoms with E-state index in [1.807, 2.05) is 17.8 Å². The zero-order valence-corrected chi connectivity index (χ0v) is 6.19. The first-order chi connectivity index (χ1) is 4.34. The first-order valence-corrected chi connectivity index (χ1v) is 3.72. The molecule has 0 aliphatic carbocycles. The fourth-order valence-electron chi connectivity index (χ4n) is 0.582. The minimum Gasteiger partial charge on any atom is -0.329 e. The van der Waals surface area contributed by atoms with Crippen LogP contribution in [-0.4, -0.2) is 15.3 Å². The number of hydrogen-bond donors (Lipinski definition) is 0. The molecule has 0 saturated heterocycles. The largest absolute Gasteiger partial charge is 0.329 e. The van der Waals surface area contributed by atoms with E-state index in [9.17, 15) is 0 Å². The van der Waals surface area contributed by atoms with Crippen LogP contribution in [0.4, 0.5) is 0 Å². The van der Waals surface area contributed by atoms with Gasteiger partial charge in [-0.15, -0.1) is 0 Å². The third kappa shape index (κ3) is 1.48. The number of aryl methyl sites for hydroxylation is 1. The number of nitrogens with zero attached hydrogens (tertiary/aromatic N) is 2. The molecule has 1 aromatic rings. The Balaban J connectivity index is 2.69. The number of imidazole rings is 1. The van der Waals surface area contributed by atoms with Gasteiger partial charge in [0.15, 0.2) is 5.16 Å². The molecule has 2 nitrogen and oxygen atoms in total. The first kappa shape index (κ1) is 6.68. The minimum absolute atomic E-state index is 0.838. The van der Waals surface area contributed by atoms with Crippen LogP contribution in [-0.2, 0) is 7.05 Å². The summed E-state index contributed by atoms with van der Waals surface area (Å²) in [5.74, 6) is 0.838. The lowest BCUT2D eigenvalue weighted by Gasteiger charge is -1.95. The van der Waals surface area contributed by atoms with E-state index in [4.69, 9.17) is 0 Å². The van der Waals surface area contributed by atoms with Gasteiger partial charge in [0.1, 0.15) is 0 Å². The second-order valence-corrected chi connectivity index (χ2v) is 2.73. The molecule has 0 saturated carbocycles. The summed E-state index contributed by atoms with van der Waals surface area (Å²) in [4.78, 5) is 4.09. The zero-order chi connectivity index (χ0) is 6.69. The Hall–Kier alpha value is -0.440. The molecule has 1 heterocycles. The van der Waals surface area contributed by atoms with Gasteiger partial charge in [0.2, 0.25) is 0 Å². The standard InChI is InChI=1S/C6H9N2S/c1-3-9-6-7-4-5-8(6)2/h4-5H,1,3H2,2H3. The van der Waals surface area contributed by atoms with Gasteiger partial charge in [-0.2, -0.15) is 0 Å². The lowest BCUT2D eigenvalue weighted by atomic mass is 10.9. The zero-order valence-electron chi connectivity index (χ0n) is 5.37. The Kier molecular flexibility index (Phi) is 2.16. The average molecular weight is 141 g/mol. The normalized spacial score (nSPS) is 10.0. The van der Waals surface area contributed by atoms with Crippen molar-refractivity contribution in [2.24, 2.45) is 7.05 Å². The molecular formula is C6H9N2S. The summed E-state index contributed by atoms with van der Waals surface area (Å²) in [6.45, 7) is 3.71. The van der Waals surface area contributed by atoms with Gasteiger partial charge >= 0.3 is 0 Å². The molecule has 3 heteroatoms. The third-order valence-corrected chi connectivity index (χ3v) is 1.86. The molecule has 0 atom stereocenters. The smallest absolute Gasteiger partial charge is 0.167 e. The summed E-state index contributed by atoms with van der Waals surface area (Å²) < 4.78 is 1.98. The molecule has 1 radical (unpaired) electrons. The Morgan fingerprint density at radius 3 is 3.11 bits per heavy atom. The van der Waals surface area contributed by atoms with Crippen molar-refractivity contribution in [3.63, 3.8) is 0 Å². The van der Waals surface area contributed by atoms with E-state index in [-0.39, 0.29) is 0 Å². The van der Waals surface area contributed by atoms with Crippen LogP contribution in [0.5, 0.6) is 0 Å². The summed E-state index contributed by atoms with van der Waals surface area (Å²) in [5, 5.41) is 1.03. The van der Waals surface area contributed by atoms with Gasteiger partial charge in [-0.1, -0.05) is 11.8 Å². The Bertz CT molecular complexity index is 183. The van der Waals surface area contributed by atoms with Crippen LogP contribution in [0.25, 0.3) is 0 Å². The van der Waals surface area contributed by atoms with Crippen molar-refractivity contribution in [2.75, 3.05) is 5.75 Å². The van der Waals surface area contributed by atoms with Crippen molar-refractivity contribution >= 4 is 11.8 Å². The van der Waals surface area contributed by atoms with Gasteiger partial charge in [-0.05, 0) is 6.92 Å². The lowest BCUT2D eigenvalue weighted by Crippen LogP contribution is -1.87. The molecule has 0 spiro atoms. The molecular weight excluding hydrogens is 132 g/mol. The summed E-state index contributed by atoms with van der Waals surface area (Å²) in [6, 6.07) is 0. The maximum atomic E-state index is 4.09. The predicted molar refractivity (Wildman–Crippen MR) is 39.3 cm³/mol. The van der Waals surface area contributed by atoms with Gasteiger partial charge in [0, 0.05) is 25.2 Å². The SMILES string of the molecule is [CH2]CSc1nccn1C. The van der Waals surface area contributed by atoms with Crippen molar-refractivity contribution < 1.29 is 0 Å². The number of aromatic nitrogens is 2. The number of thioether (sulfide) groups is 1. The molecule has 1 rings (SSSR count).